The van der Waals surface area contributed by atoms with E-state index in [9.17, 15) is 10.1 Å². The molecule has 1 N–H and O–H groups in total. The predicted molar refractivity (Wildman–Crippen MR) is 61.1 cm³/mol. The highest BCUT2D eigenvalue weighted by atomic mass is 16.6. The molecule has 0 amide bonds. The van der Waals surface area contributed by atoms with Crippen LogP contribution in [0.1, 0.15) is 19.2 Å². The Balaban J connectivity index is 3.02. The van der Waals surface area contributed by atoms with Gasteiger partial charge in [-0.2, -0.15) is 0 Å². The molecule has 0 saturated carbocycles. The molecule has 86 valence electrons. The number of nitrogens with zero attached hydrogens (tertiary/aromatic N) is 3. The lowest BCUT2D eigenvalue weighted by Crippen LogP contribution is -2.17. The number of aryl methyl sites for hydroxylation is 1. The minimum absolute atomic E-state index is 0.0292. The zero-order valence-corrected chi connectivity index (χ0v) is 9.52. The van der Waals surface area contributed by atoms with E-state index in [0.29, 0.717) is 18.1 Å². The van der Waals surface area contributed by atoms with Crippen LogP contribution in [0.15, 0.2) is 0 Å². The molecule has 0 radical (unpaired) electrons. The molecule has 1 aromatic heterocycles. The highest BCUT2D eigenvalue weighted by Crippen LogP contribution is 2.24. The first-order valence-corrected chi connectivity index (χ1v) is 4.85. The van der Waals surface area contributed by atoms with E-state index in [0.717, 1.165) is 0 Å². The average molecular weight is 222 g/mol. The molecule has 1 heterocycles. The summed E-state index contributed by atoms with van der Waals surface area (Å²) in [5.74, 6) is 3.32. The molecule has 16 heavy (non-hydrogen) atoms. The van der Waals surface area contributed by atoms with Crippen molar-refractivity contribution in [2.24, 2.45) is 7.05 Å². The van der Waals surface area contributed by atoms with E-state index in [2.05, 4.69) is 16.2 Å². The molecule has 0 bridgehead atoms. The summed E-state index contributed by atoms with van der Waals surface area (Å²) in [6.07, 6.45) is 5.68. The molecule has 0 spiro atoms. The Morgan fingerprint density at radius 2 is 2.38 bits per heavy atom. The Labute approximate surface area is 93.8 Å². The molecule has 0 saturated heterocycles. The van der Waals surface area contributed by atoms with Crippen LogP contribution in [-0.2, 0) is 7.05 Å². The summed E-state index contributed by atoms with van der Waals surface area (Å²) in [5, 5.41) is 13.8. The second kappa shape index (κ2) is 4.66. The highest BCUT2D eigenvalue weighted by Gasteiger charge is 2.24. The molecule has 0 aliphatic heterocycles. The van der Waals surface area contributed by atoms with Crippen LogP contribution in [-0.4, -0.2) is 20.5 Å². The molecular weight excluding hydrogens is 208 g/mol. The maximum atomic E-state index is 10.8. The van der Waals surface area contributed by atoms with Gasteiger partial charge in [0.1, 0.15) is 0 Å². The lowest BCUT2D eigenvalue weighted by atomic mass is 10.2. The second-order valence-corrected chi connectivity index (χ2v) is 3.60. The van der Waals surface area contributed by atoms with Crippen molar-refractivity contribution in [1.29, 1.82) is 0 Å². The molecule has 0 aromatic carbocycles. The Morgan fingerprint density at radius 1 is 1.75 bits per heavy atom. The molecule has 6 heteroatoms. The Bertz CT molecular complexity index is 444. The summed E-state index contributed by atoms with van der Waals surface area (Å²) < 4.78 is 1.64. The predicted octanol–water partition coefficient (Wildman–Crippen LogP) is 1.46. The number of anilines is 1. The smallest absolute Gasteiger partial charge is 0.361 e. The van der Waals surface area contributed by atoms with E-state index in [1.54, 1.807) is 18.5 Å². The summed E-state index contributed by atoms with van der Waals surface area (Å²) >= 11 is 0. The van der Waals surface area contributed by atoms with Gasteiger partial charge in [-0.25, -0.2) is 0 Å². The molecule has 1 unspecified atom stereocenters. The van der Waals surface area contributed by atoms with E-state index in [1.807, 2.05) is 6.92 Å². The van der Waals surface area contributed by atoms with Gasteiger partial charge in [-0.3, -0.25) is 4.57 Å². The molecule has 1 rings (SSSR count). The molecule has 0 fully saturated rings. The SMILES string of the molecule is C#CCC(C)Nc1c([N+](=O)[O-])nc(C)n1C. The van der Waals surface area contributed by atoms with Gasteiger partial charge in [0.25, 0.3) is 0 Å². The normalized spacial score (nSPS) is 11.9. The summed E-state index contributed by atoms with van der Waals surface area (Å²) in [6.45, 7) is 3.58. The van der Waals surface area contributed by atoms with E-state index >= 15 is 0 Å². The number of terminal acetylenes is 1. The van der Waals surface area contributed by atoms with Gasteiger partial charge < -0.3 is 15.4 Å². The van der Waals surface area contributed by atoms with Gasteiger partial charge in [0, 0.05) is 26.4 Å². The lowest BCUT2D eigenvalue weighted by molar-refractivity contribution is -0.388. The molecular formula is C10H14N4O2. The zero-order chi connectivity index (χ0) is 12.3. The number of hydrogen-bond acceptors (Lipinski definition) is 4. The van der Waals surface area contributed by atoms with E-state index in [-0.39, 0.29) is 11.9 Å². The third-order valence-electron chi connectivity index (χ3n) is 2.28. The van der Waals surface area contributed by atoms with Crippen molar-refractivity contribution < 1.29 is 4.92 Å². The number of hydrogen-bond donors (Lipinski definition) is 1. The fourth-order valence-corrected chi connectivity index (χ4v) is 1.34. The zero-order valence-electron chi connectivity index (χ0n) is 9.52. The summed E-state index contributed by atoms with van der Waals surface area (Å²) in [7, 11) is 1.72. The van der Waals surface area contributed by atoms with Crippen LogP contribution in [0.4, 0.5) is 11.6 Å². The van der Waals surface area contributed by atoms with E-state index in [4.69, 9.17) is 6.42 Å². The van der Waals surface area contributed by atoms with Crippen LogP contribution in [0.3, 0.4) is 0 Å². The van der Waals surface area contributed by atoms with E-state index < -0.39 is 4.92 Å². The Morgan fingerprint density at radius 3 is 2.88 bits per heavy atom. The van der Waals surface area contributed by atoms with Crippen molar-refractivity contribution in [1.82, 2.24) is 9.55 Å². The van der Waals surface area contributed by atoms with Crippen LogP contribution in [0.5, 0.6) is 0 Å². The molecule has 1 aromatic rings. The van der Waals surface area contributed by atoms with Gasteiger partial charge in [-0.15, -0.1) is 12.3 Å². The van der Waals surface area contributed by atoms with Crippen molar-refractivity contribution >= 4 is 11.6 Å². The van der Waals surface area contributed by atoms with Crippen molar-refractivity contribution in [2.75, 3.05) is 5.32 Å². The first kappa shape index (κ1) is 12.0. The fraction of sp³-hybridized carbons (Fsp3) is 0.500. The maximum absolute atomic E-state index is 10.8. The Hall–Kier alpha value is -2.03. The quantitative estimate of drug-likeness (QED) is 0.475. The van der Waals surface area contributed by atoms with Gasteiger partial charge in [0.2, 0.25) is 11.6 Å². The molecule has 0 aliphatic rings. The maximum Gasteiger partial charge on any atom is 0.406 e. The minimum Gasteiger partial charge on any atom is -0.361 e. The Kier molecular flexibility index (Phi) is 3.51. The monoisotopic (exact) mass is 222 g/mol. The molecule has 6 nitrogen and oxygen atoms in total. The summed E-state index contributed by atoms with van der Waals surface area (Å²) in [6, 6.07) is -0.0292. The van der Waals surface area contributed by atoms with Crippen LogP contribution in [0, 0.1) is 29.4 Å². The first-order valence-electron chi connectivity index (χ1n) is 4.85. The molecule has 1 atom stereocenters. The van der Waals surface area contributed by atoms with Crippen molar-refractivity contribution in [3.05, 3.63) is 15.9 Å². The number of nitro groups is 1. The standard InChI is InChI=1S/C10H14N4O2/c1-5-6-7(2)11-9-10(14(15)16)12-8(3)13(9)4/h1,7,11H,6H2,2-4H3. The average Bonchev–Trinajstić information content (AvgIpc) is 2.46. The summed E-state index contributed by atoms with van der Waals surface area (Å²) in [4.78, 5) is 14.1. The lowest BCUT2D eigenvalue weighted by Gasteiger charge is -2.11. The van der Waals surface area contributed by atoms with Crippen molar-refractivity contribution in [3.8, 4) is 12.3 Å². The van der Waals surface area contributed by atoms with Gasteiger partial charge >= 0.3 is 5.82 Å². The van der Waals surface area contributed by atoms with E-state index in [1.165, 1.54) is 0 Å². The van der Waals surface area contributed by atoms with Crippen LogP contribution in [0.2, 0.25) is 0 Å². The number of rotatable bonds is 4. The third-order valence-corrected chi connectivity index (χ3v) is 2.28. The fourth-order valence-electron chi connectivity index (χ4n) is 1.34. The highest BCUT2D eigenvalue weighted by molar-refractivity contribution is 5.54. The minimum atomic E-state index is -0.502. The number of imidazole rings is 1. The van der Waals surface area contributed by atoms with Crippen LogP contribution < -0.4 is 5.32 Å². The van der Waals surface area contributed by atoms with Crippen molar-refractivity contribution in [3.63, 3.8) is 0 Å². The van der Waals surface area contributed by atoms with Crippen LogP contribution in [0.25, 0.3) is 0 Å². The summed E-state index contributed by atoms with van der Waals surface area (Å²) in [5.41, 5.74) is 0. The van der Waals surface area contributed by atoms with Gasteiger partial charge in [-0.1, -0.05) is 0 Å². The largest absolute Gasteiger partial charge is 0.406 e. The third kappa shape index (κ3) is 2.31. The number of nitrogens with one attached hydrogen (secondary N) is 1. The first-order chi connectivity index (χ1) is 7.47. The van der Waals surface area contributed by atoms with Crippen LogP contribution >= 0.6 is 0 Å². The van der Waals surface area contributed by atoms with Crippen molar-refractivity contribution in [2.45, 2.75) is 26.3 Å². The topological polar surface area (TPSA) is 73.0 Å². The van der Waals surface area contributed by atoms with Gasteiger partial charge in [0.05, 0.1) is 0 Å². The van der Waals surface area contributed by atoms with Gasteiger partial charge in [-0.05, 0) is 16.8 Å². The number of aromatic nitrogens is 2. The molecule has 0 aliphatic carbocycles. The van der Waals surface area contributed by atoms with Gasteiger partial charge in [0.15, 0.2) is 0 Å². The second-order valence-electron chi connectivity index (χ2n) is 3.60.